The summed E-state index contributed by atoms with van der Waals surface area (Å²) in [5.74, 6) is -2.78. The van der Waals surface area contributed by atoms with Gasteiger partial charge in [0.2, 0.25) is 5.39 Å². The van der Waals surface area contributed by atoms with Crippen LogP contribution in [0.5, 0.6) is 0 Å². The van der Waals surface area contributed by atoms with Crippen LogP contribution < -0.4 is 0 Å². The molecule has 25 heavy (non-hydrogen) atoms. The van der Waals surface area contributed by atoms with E-state index < -0.39 is 17.9 Å². The third-order valence-electron chi connectivity index (χ3n) is 2.93. The molecule has 0 atom stereocenters. The Kier molecular flexibility index (Phi) is 4.62. The first-order valence-electron chi connectivity index (χ1n) is 7.00. The Labute approximate surface area is 140 Å². The van der Waals surface area contributed by atoms with E-state index in [0.717, 1.165) is 0 Å². The lowest BCUT2D eigenvalue weighted by atomic mass is 10.4. The van der Waals surface area contributed by atoms with E-state index in [-0.39, 0.29) is 22.5 Å². The second-order valence-corrected chi connectivity index (χ2v) is 4.61. The van der Waals surface area contributed by atoms with Crippen LogP contribution in [0.25, 0.3) is 0 Å². The van der Waals surface area contributed by atoms with Crippen LogP contribution in [-0.4, -0.2) is 38.2 Å². The molecule has 0 spiro atoms. The van der Waals surface area contributed by atoms with Crippen LogP contribution in [-0.2, 0) is 14.5 Å². The van der Waals surface area contributed by atoms with Gasteiger partial charge in [-0.3, -0.25) is 14.5 Å². The number of aromatic nitrogens is 3. The molecule has 3 N–H and O–H groups in total. The van der Waals surface area contributed by atoms with E-state index in [1.807, 2.05) is 0 Å². The fourth-order valence-corrected chi connectivity index (χ4v) is 1.78. The van der Waals surface area contributed by atoms with Crippen molar-refractivity contribution in [2.45, 2.75) is 0 Å². The average molecular weight is 344 g/mol. The van der Waals surface area contributed by atoms with Crippen molar-refractivity contribution in [1.29, 1.82) is 0 Å². The number of hydrogen-bond donors (Lipinski definition) is 3. The molecule has 3 heterocycles. The van der Waals surface area contributed by atoms with Gasteiger partial charge in [-0.1, -0.05) is 0 Å². The molecule has 3 rings (SSSR count). The van der Waals surface area contributed by atoms with Crippen molar-refractivity contribution in [3.05, 3.63) is 72.1 Å². The molecule has 10 heteroatoms. The number of hydrogen-bond acceptors (Lipinski definition) is 7. The van der Waals surface area contributed by atoms with Gasteiger partial charge >= 0.3 is 17.9 Å². The first-order valence-corrected chi connectivity index (χ1v) is 7.00. The van der Waals surface area contributed by atoms with Gasteiger partial charge in [0, 0.05) is 18.6 Å². The maximum atomic E-state index is 12.0. The van der Waals surface area contributed by atoms with Gasteiger partial charge in [0.15, 0.2) is 0 Å². The summed E-state index contributed by atoms with van der Waals surface area (Å²) in [5.41, 5.74) is 0.200. The summed E-state index contributed by atoms with van der Waals surface area (Å²) in [7, 11) is 0. The fraction of sp³-hybridized carbons (Fsp3) is 0. The van der Waals surface area contributed by atoms with Crippen LogP contribution in [0.2, 0.25) is 0 Å². The van der Waals surface area contributed by atoms with Gasteiger partial charge in [-0.05, 0) is 36.4 Å². The Balaban J connectivity index is 1.71. The SMILES string of the molecule is O=C(ON(OC(=O)c1ccc[nH]1)OC(=O)c1ccc[nH]1)c1ccc[nH]1. The molecule has 0 aliphatic heterocycles. The minimum atomic E-state index is -0.927. The summed E-state index contributed by atoms with van der Waals surface area (Å²) < 4.78 is 0. The number of aromatic amines is 3. The summed E-state index contributed by atoms with van der Waals surface area (Å²) in [4.78, 5) is 58.0. The Morgan fingerprint density at radius 3 is 1.20 bits per heavy atom. The van der Waals surface area contributed by atoms with Gasteiger partial charge in [-0.25, -0.2) is 14.4 Å². The molecule has 3 aromatic rings. The highest BCUT2D eigenvalue weighted by Gasteiger charge is 2.26. The number of nitrogens with one attached hydrogen (secondary N) is 3. The predicted octanol–water partition coefficient (Wildman–Crippen LogP) is 1.59. The second kappa shape index (κ2) is 7.19. The maximum Gasteiger partial charge on any atom is 0.380 e. The molecule has 0 aromatic carbocycles. The monoisotopic (exact) mass is 344 g/mol. The van der Waals surface area contributed by atoms with E-state index in [1.165, 1.54) is 36.8 Å². The molecule has 128 valence electrons. The third kappa shape index (κ3) is 3.95. The minimum absolute atomic E-state index is 0.0511. The number of nitrogens with zero attached hydrogens (tertiary/aromatic N) is 1. The molecule has 0 amide bonds. The zero-order chi connectivity index (χ0) is 17.6. The van der Waals surface area contributed by atoms with Gasteiger partial charge in [0.05, 0.1) is 0 Å². The van der Waals surface area contributed by atoms with Crippen molar-refractivity contribution in [2.75, 3.05) is 0 Å². The van der Waals surface area contributed by atoms with Gasteiger partial charge in [-0.15, -0.1) is 0 Å². The van der Waals surface area contributed by atoms with Crippen molar-refractivity contribution in [3.8, 4) is 0 Å². The highest BCUT2D eigenvalue weighted by molar-refractivity contribution is 5.89. The smallest absolute Gasteiger partial charge is 0.356 e. The van der Waals surface area contributed by atoms with Crippen molar-refractivity contribution in [1.82, 2.24) is 20.3 Å². The van der Waals surface area contributed by atoms with Gasteiger partial charge in [-0.2, -0.15) is 0 Å². The minimum Gasteiger partial charge on any atom is -0.356 e. The topological polar surface area (TPSA) is 130 Å². The lowest BCUT2D eigenvalue weighted by Gasteiger charge is -2.16. The van der Waals surface area contributed by atoms with Crippen LogP contribution in [0.4, 0.5) is 0 Å². The highest BCUT2D eigenvalue weighted by Crippen LogP contribution is 2.09. The van der Waals surface area contributed by atoms with Crippen molar-refractivity contribution >= 4 is 17.9 Å². The molecular weight excluding hydrogens is 332 g/mol. The molecule has 0 fully saturated rings. The van der Waals surface area contributed by atoms with Crippen LogP contribution >= 0.6 is 0 Å². The molecule has 0 saturated heterocycles. The summed E-state index contributed by atoms with van der Waals surface area (Å²) in [6.07, 6.45) is 4.49. The van der Waals surface area contributed by atoms with Crippen LogP contribution in [0, 0.1) is 0 Å². The third-order valence-corrected chi connectivity index (χ3v) is 2.93. The molecule has 0 aliphatic carbocycles. The lowest BCUT2D eigenvalue weighted by molar-refractivity contribution is -0.449. The van der Waals surface area contributed by atoms with E-state index in [1.54, 1.807) is 18.2 Å². The number of carbonyl (C=O) groups is 3. The number of carbonyl (C=O) groups excluding carboxylic acids is 3. The van der Waals surface area contributed by atoms with E-state index >= 15 is 0 Å². The van der Waals surface area contributed by atoms with Crippen molar-refractivity contribution in [2.24, 2.45) is 0 Å². The van der Waals surface area contributed by atoms with E-state index in [2.05, 4.69) is 15.0 Å². The molecule has 0 bridgehead atoms. The average Bonchev–Trinajstić information content (AvgIpc) is 3.38. The normalized spacial score (nSPS) is 10.4. The first kappa shape index (κ1) is 16.1. The van der Waals surface area contributed by atoms with Gasteiger partial charge in [0.1, 0.15) is 17.1 Å². The molecular formula is C15H12N4O6. The Morgan fingerprint density at radius 1 is 0.640 bits per heavy atom. The quantitative estimate of drug-likeness (QED) is 0.579. The van der Waals surface area contributed by atoms with Gasteiger partial charge in [0.25, 0.3) is 0 Å². The largest absolute Gasteiger partial charge is 0.380 e. The Morgan fingerprint density at radius 2 is 0.960 bits per heavy atom. The first-order chi connectivity index (χ1) is 12.1. The van der Waals surface area contributed by atoms with Crippen molar-refractivity contribution < 1.29 is 28.9 Å². The highest BCUT2D eigenvalue weighted by atomic mass is 17.2. The molecule has 0 unspecified atom stereocenters. The summed E-state index contributed by atoms with van der Waals surface area (Å²) in [6, 6.07) is 8.99. The fourth-order valence-electron chi connectivity index (χ4n) is 1.78. The summed E-state index contributed by atoms with van der Waals surface area (Å²) in [5, 5.41) is 0.0511. The Bertz CT molecular complexity index is 724. The zero-order valence-electron chi connectivity index (χ0n) is 12.6. The molecule has 0 saturated carbocycles. The molecule has 0 aliphatic rings. The van der Waals surface area contributed by atoms with Crippen LogP contribution in [0.15, 0.2) is 55.0 Å². The molecule has 3 aromatic heterocycles. The second-order valence-electron chi connectivity index (χ2n) is 4.61. The van der Waals surface area contributed by atoms with Crippen LogP contribution in [0.3, 0.4) is 0 Å². The molecule has 0 radical (unpaired) electrons. The van der Waals surface area contributed by atoms with Gasteiger partial charge < -0.3 is 15.0 Å². The Hall–Kier alpha value is -3.79. The summed E-state index contributed by atoms with van der Waals surface area (Å²) >= 11 is 0. The van der Waals surface area contributed by atoms with E-state index in [4.69, 9.17) is 14.5 Å². The van der Waals surface area contributed by atoms with E-state index in [9.17, 15) is 14.4 Å². The standard InChI is InChI=1S/C15H12N4O6/c20-13(10-4-1-7-16-10)23-19(24-14(21)11-5-2-8-17-11)25-15(22)12-6-3-9-18-12/h1-9,16-18H. The maximum absolute atomic E-state index is 12.0. The van der Waals surface area contributed by atoms with E-state index in [0.29, 0.717) is 0 Å². The lowest BCUT2D eigenvalue weighted by Crippen LogP contribution is -2.33. The van der Waals surface area contributed by atoms with Crippen molar-refractivity contribution in [3.63, 3.8) is 0 Å². The molecule has 10 nitrogen and oxygen atoms in total. The predicted molar refractivity (Wildman–Crippen MR) is 80.5 cm³/mol. The number of rotatable bonds is 6. The number of H-pyrrole nitrogens is 3. The van der Waals surface area contributed by atoms with Crippen LogP contribution in [0.1, 0.15) is 31.5 Å². The zero-order valence-corrected chi connectivity index (χ0v) is 12.6. The summed E-state index contributed by atoms with van der Waals surface area (Å²) in [6.45, 7) is 0.